The normalized spacial score (nSPS) is 25.7. The van der Waals surface area contributed by atoms with Gasteiger partial charge in [-0.2, -0.15) is 0 Å². The van der Waals surface area contributed by atoms with Crippen molar-refractivity contribution in [3.05, 3.63) is 27.9 Å². The maximum Gasteiger partial charge on any atom is 0.255 e. The summed E-state index contributed by atoms with van der Waals surface area (Å²) in [4.78, 5) is 36.1. The Morgan fingerprint density at radius 3 is 2.96 bits per heavy atom. The molecule has 0 bridgehead atoms. The van der Waals surface area contributed by atoms with E-state index in [1.807, 2.05) is 0 Å². The molecule has 1 N–H and O–H groups in total. The maximum atomic E-state index is 13.1. The lowest BCUT2D eigenvalue weighted by Gasteiger charge is -2.41. The van der Waals surface area contributed by atoms with Crippen molar-refractivity contribution in [2.45, 2.75) is 50.7 Å². The summed E-state index contributed by atoms with van der Waals surface area (Å²) < 4.78 is 5.61. The third-order valence-corrected chi connectivity index (χ3v) is 5.57. The zero-order chi connectivity index (χ0) is 16.5. The predicted molar refractivity (Wildman–Crippen MR) is 87.5 cm³/mol. The number of hydrogen-bond acceptors (Lipinski definition) is 5. The fourth-order valence-electron chi connectivity index (χ4n) is 4.26. The van der Waals surface area contributed by atoms with Crippen LogP contribution in [0.15, 0.2) is 11.1 Å². The van der Waals surface area contributed by atoms with Gasteiger partial charge in [-0.05, 0) is 12.8 Å². The monoisotopic (exact) mass is 332 g/mol. The van der Waals surface area contributed by atoms with E-state index in [-0.39, 0.29) is 17.5 Å². The van der Waals surface area contributed by atoms with Gasteiger partial charge in [-0.25, -0.2) is 4.98 Å². The number of nitrogens with zero attached hydrogens (tertiary/aromatic N) is 3. The van der Waals surface area contributed by atoms with E-state index in [9.17, 15) is 9.59 Å². The Morgan fingerprint density at radius 1 is 1.29 bits per heavy atom. The average molecular weight is 332 g/mol. The second-order valence-corrected chi connectivity index (χ2v) is 6.93. The smallest absolute Gasteiger partial charge is 0.255 e. The lowest BCUT2D eigenvalue weighted by atomic mass is 10.0. The molecule has 1 saturated heterocycles. The van der Waals surface area contributed by atoms with E-state index in [1.165, 1.54) is 32.0 Å². The highest BCUT2D eigenvalue weighted by atomic mass is 16.5. The highest BCUT2D eigenvalue weighted by Crippen LogP contribution is 2.27. The van der Waals surface area contributed by atoms with Crippen LogP contribution >= 0.6 is 0 Å². The highest BCUT2D eigenvalue weighted by molar-refractivity contribution is 5.82. The number of aromatic amines is 1. The molecule has 0 radical (unpaired) electrons. The van der Waals surface area contributed by atoms with Crippen LogP contribution in [0, 0.1) is 0 Å². The topological polar surface area (TPSA) is 78.5 Å². The van der Waals surface area contributed by atoms with Gasteiger partial charge in [0.2, 0.25) is 5.91 Å². The molecule has 1 amide bonds. The third kappa shape index (κ3) is 2.86. The van der Waals surface area contributed by atoms with E-state index in [4.69, 9.17) is 4.74 Å². The number of H-pyrrole nitrogens is 1. The second-order valence-electron chi connectivity index (χ2n) is 6.93. The molecule has 1 saturated carbocycles. The molecule has 4 rings (SSSR count). The Morgan fingerprint density at radius 2 is 2.12 bits per heavy atom. The summed E-state index contributed by atoms with van der Waals surface area (Å²) in [6.45, 7) is 2.96. The van der Waals surface area contributed by atoms with Gasteiger partial charge in [0.15, 0.2) is 0 Å². The predicted octanol–water partition coefficient (Wildman–Crippen LogP) is 0.298. The minimum Gasteiger partial charge on any atom is -0.378 e. The van der Waals surface area contributed by atoms with Gasteiger partial charge in [0, 0.05) is 25.6 Å². The molecule has 0 aromatic carbocycles. The average Bonchev–Trinajstić information content (AvgIpc) is 3.16. The van der Waals surface area contributed by atoms with Gasteiger partial charge in [0.1, 0.15) is 6.04 Å². The van der Waals surface area contributed by atoms with Gasteiger partial charge in [0.05, 0.1) is 37.3 Å². The summed E-state index contributed by atoms with van der Waals surface area (Å²) in [6.07, 6.45) is 6.94. The number of nitrogens with one attached hydrogen (secondary N) is 1. The molecule has 3 heterocycles. The van der Waals surface area contributed by atoms with Crippen LogP contribution in [0.4, 0.5) is 0 Å². The maximum absolute atomic E-state index is 13.1. The minimum atomic E-state index is -0.209. The Hall–Kier alpha value is -1.73. The van der Waals surface area contributed by atoms with Crippen LogP contribution in [0.2, 0.25) is 0 Å². The van der Waals surface area contributed by atoms with E-state index in [0.717, 1.165) is 12.2 Å². The van der Waals surface area contributed by atoms with Crippen LogP contribution in [-0.2, 0) is 22.5 Å². The van der Waals surface area contributed by atoms with Crippen molar-refractivity contribution in [2.75, 3.05) is 26.3 Å². The lowest BCUT2D eigenvalue weighted by molar-refractivity contribution is -0.146. The Bertz CT molecular complexity index is 668. The molecule has 3 aliphatic rings. The number of fused-ring (bicyclic) bond motifs is 1. The van der Waals surface area contributed by atoms with Crippen molar-refractivity contribution >= 4 is 5.91 Å². The van der Waals surface area contributed by atoms with Gasteiger partial charge < -0.3 is 14.6 Å². The van der Waals surface area contributed by atoms with Gasteiger partial charge in [0.25, 0.3) is 5.56 Å². The minimum absolute atomic E-state index is 0.0931. The van der Waals surface area contributed by atoms with Crippen molar-refractivity contribution in [1.82, 2.24) is 19.8 Å². The summed E-state index contributed by atoms with van der Waals surface area (Å²) in [7, 11) is 0. The molecule has 24 heavy (non-hydrogen) atoms. The number of carbonyl (C=O) groups excluding carboxylic acids is 1. The van der Waals surface area contributed by atoms with E-state index in [0.29, 0.717) is 44.3 Å². The van der Waals surface area contributed by atoms with Crippen molar-refractivity contribution < 1.29 is 9.53 Å². The van der Waals surface area contributed by atoms with Crippen LogP contribution in [0.5, 0.6) is 0 Å². The van der Waals surface area contributed by atoms with Gasteiger partial charge in [-0.1, -0.05) is 12.8 Å². The SMILES string of the molecule is O=C(C1COCCN1C1CCCC1)N1CCc2nc[nH]c(=O)c2C1. The van der Waals surface area contributed by atoms with Crippen LogP contribution in [-0.4, -0.2) is 64.1 Å². The molecule has 0 spiro atoms. The zero-order valence-electron chi connectivity index (χ0n) is 13.9. The van der Waals surface area contributed by atoms with E-state index < -0.39 is 0 Å². The van der Waals surface area contributed by atoms with E-state index in [2.05, 4.69) is 14.9 Å². The van der Waals surface area contributed by atoms with Crippen LogP contribution < -0.4 is 5.56 Å². The fourth-order valence-corrected chi connectivity index (χ4v) is 4.26. The number of rotatable bonds is 2. The van der Waals surface area contributed by atoms with E-state index in [1.54, 1.807) is 4.90 Å². The first-order valence-corrected chi connectivity index (χ1v) is 8.92. The molecule has 2 fully saturated rings. The van der Waals surface area contributed by atoms with Gasteiger partial charge in [-0.3, -0.25) is 14.5 Å². The Labute approximate surface area is 141 Å². The summed E-state index contributed by atoms with van der Waals surface area (Å²) in [5, 5.41) is 0. The summed E-state index contributed by atoms with van der Waals surface area (Å²) in [5.41, 5.74) is 1.31. The number of amides is 1. The van der Waals surface area contributed by atoms with Crippen LogP contribution in [0.1, 0.15) is 36.9 Å². The van der Waals surface area contributed by atoms with Crippen molar-refractivity contribution in [3.63, 3.8) is 0 Å². The summed E-state index contributed by atoms with van der Waals surface area (Å²) >= 11 is 0. The molecule has 1 aromatic rings. The largest absolute Gasteiger partial charge is 0.378 e. The van der Waals surface area contributed by atoms with Crippen molar-refractivity contribution in [1.29, 1.82) is 0 Å². The molecule has 1 aliphatic carbocycles. The number of aromatic nitrogens is 2. The first kappa shape index (κ1) is 15.8. The Balaban J connectivity index is 1.52. The van der Waals surface area contributed by atoms with Crippen molar-refractivity contribution in [2.24, 2.45) is 0 Å². The molecule has 1 unspecified atom stereocenters. The lowest BCUT2D eigenvalue weighted by Crippen LogP contribution is -2.58. The molecule has 7 heteroatoms. The molecular weight excluding hydrogens is 308 g/mol. The van der Waals surface area contributed by atoms with Gasteiger partial charge >= 0.3 is 0 Å². The second kappa shape index (κ2) is 6.64. The third-order valence-electron chi connectivity index (χ3n) is 5.57. The number of morpholine rings is 1. The number of ether oxygens (including phenoxy) is 1. The molecule has 130 valence electrons. The fraction of sp³-hybridized carbons (Fsp3) is 0.706. The van der Waals surface area contributed by atoms with Crippen LogP contribution in [0.3, 0.4) is 0 Å². The molecule has 1 aromatic heterocycles. The molecule has 1 atom stereocenters. The van der Waals surface area contributed by atoms with Crippen LogP contribution in [0.25, 0.3) is 0 Å². The summed E-state index contributed by atoms with van der Waals surface area (Å²) in [5.74, 6) is 0.0931. The first-order valence-electron chi connectivity index (χ1n) is 8.92. The molecule has 2 aliphatic heterocycles. The molecule has 7 nitrogen and oxygen atoms in total. The molecular formula is C17H24N4O3. The summed E-state index contributed by atoms with van der Waals surface area (Å²) in [6, 6.07) is 0.296. The quantitative estimate of drug-likeness (QED) is 0.843. The first-order chi connectivity index (χ1) is 11.7. The Kier molecular flexibility index (Phi) is 4.37. The van der Waals surface area contributed by atoms with Crippen molar-refractivity contribution in [3.8, 4) is 0 Å². The van der Waals surface area contributed by atoms with E-state index >= 15 is 0 Å². The standard InChI is InChI=1S/C17H24N4O3/c22-16-13-9-20(6-5-14(13)18-11-19-16)17(23)15-10-24-8-7-21(15)12-3-1-2-4-12/h11-12,15H,1-10H2,(H,18,19,22). The number of hydrogen-bond donors (Lipinski definition) is 1. The zero-order valence-corrected chi connectivity index (χ0v) is 13.9. The number of carbonyl (C=O) groups is 1. The van der Waals surface area contributed by atoms with Gasteiger partial charge in [-0.15, -0.1) is 0 Å². The highest BCUT2D eigenvalue weighted by Gasteiger charge is 2.38.